The number of ether oxygens (including phenoxy) is 1. The molecule has 1 aliphatic rings. The number of hydrogen-bond donors (Lipinski definition) is 1. The maximum atomic E-state index is 9.48. The van der Waals surface area contributed by atoms with Gasteiger partial charge in [0, 0.05) is 25.9 Å². The van der Waals surface area contributed by atoms with E-state index in [1.54, 1.807) is 24.5 Å². The number of aromatic nitrogens is 1. The lowest BCUT2D eigenvalue weighted by Gasteiger charge is -2.31. The van der Waals surface area contributed by atoms with Crippen molar-refractivity contribution < 1.29 is 9.84 Å². The highest BCUT2D eigenvalue weighted by Crippen LogP contribution is 2.29. The van der Waals surface area contributed by atoms with Crippen LogP contribution in [0.25, 0.3) is 0 Å². The van der Waals surface area contributed by atoms with Gasteiger partial charge in [0.2, 0.25) is 0 Å². The summed E-state index contributed by atoms with van der Waals surface area (Å²) in [6, 6.07) is 0. The molecule has 1 aromatic heterocycles. The monoisotopic (exact) mass is 256 g/mol. The van der Waals surface area contributed by atoms with Gasteiger partial charge in [-0.05, 0) is 26.7 Å². The lowest BCUT2D eigenvalue weighted by Crippen LogP contribution is -2.36. The normalized spacial score (nSPS) is 19.6. The van der Waals surface area contributed by atoms with Crippen molar-refractivity contribution in [1.29, 1.82) is 0 Å². The second kappa shape index (κ2) is 5.80. The van der Waals surface area contributed by atoms with E-state index in [1.165, 1.54) is 0 Å². The van der Waals surface area contributed by atoms with Crippen LogP contribution in [0, 0.1) is 0 Å². The molecule has 1 atom stereocenters. The Morgan fingerprint density at radius 2 is 2.29 bits per heavy atom. The summed E-state index contributed by atoms with van der Waals surface area (Å²) < 4.78 is 5.63. The summed E-state index contributed by atoms with van der Waals surface area (Å²) in [7, 11) is 0. The zero-order valence-corrected chi connectivity index (χ0v) is 11.2. The van der Waals surface area contributed by atoms with Crippen LogP contribution in [0.1, 0.15) is 37.7 Å². The minimum absolute atomic E-state index is 0.410. The van der Waals surface area contributed by atoms with Crippen molar-refractivity contribution in [3.8, 4) is 0 Å². The third kappa shape index (κ3) is 3.18. The molecular weight excluding hydrogens is 236 g/mol. The second-order valence-corrected chi connectivity index (χ2v) is 5.40. The molecule has 0 radical (unpaired) electrons. The van der Waals surface area contributed by atoms with E-state index in [4.69, 9.17) is 4.74 Å². The van der Waals surface area contributed by atoms with E-state index in [0.29, 0.717) is 6.10 Å². The van der Waals surface area contributed by atoms with Gasteiger partial charge in [0.1, 0.15) is 0 Å². The Bertz CT molecular complexity index is 346. The highest BCUT2D eigenvalue weighted by Gasteiger charge is 2.21. The average Bonchev–Trinajstić information content (AvgIpc) is 2.80. The minimum atomic E-state index is -0.415. The first-order chi connectivity index (χ1) is 8.20. The molecule has 2 heterocycles. The summed E-state index contributed by atoms with van der Waals surface area (Å²) in [6.45, 7) is 6.61. The molecule has 1 aliphatic heterocycles. The van der Waals surface area contributed by atoms with Crippen molar-refractivity contribution in [2.75, 3.05) is 24.6 Å². The van der Waals surface area contributed by atoms with E-state index in [9.17, 15) is 5.11 Å². The Morgan fingerprint density at radius 1 is 1.59 bits per heavy atom. The maximum Gasteiger partial charge on any atom is 0.185 e. The topological polar surface area (TPSA) is 45.6 Å². The smallest absolute Gasteiger partial charge is 0.185 e. The zero-order chi connectivity index (χ0) is 12.3. The fourth-order valence-electron chi connectivity index (χ4n) is 2.07. The minimum Gasteiger partial charge on any atom is -0.388 e. The molecule has 0 spiro atoms. The van der Waals surface area contributed by atoms with Crippen LogP contribution in [0.3, 0.4) is 0 Å². The largest absolute Gasteiger partial charge is 0.388 e. The zero-order valence-electron chi connectivity index (χ0n) is 10.4. The van der Waals surface area contributed by atoms with Crippen molar-refractivity contribution in [3.05, 3.63) is 11.1 Å². The van der Waals surface area contributed by atoms with Crippen molar-refractivity contribution in [3.63, 3.8) is 0 Å². The van der Waals surface area contributed by atoms with Gasteiger partial charge in [-0.15, -0.1) is 0 Å². The fraction of sp³-hybridized carbons (Fsp3) is 0.750. The average molecular weight is 256 g/mol. The molecule has 96 valence electrons. The van der Waals surface area contributed by atoms with Gasteiger partial charge in [-0.2, -0.15) is 0 Å². The van der Waals surface area contributed by atoms with Crippen molar-refractivity contribution in [1.82, 2.24) is 4.98 Å². The Kier molecular flexibility index (Phi) is 4.36. The van der Waals surface area contributed by atoms with Crippen molar-refractivity contribution >= 4 is 16.5 Å². The first-order valence-electron chi connectivity index (χ1n) is 6.21. The Balaban J connectivity index is 1.91. The van der Waals surface area contributed by atoms with E-state index in [0.717, 1.165) is 42.5 Å². The highest BCUT2D eigenvalue weighted by atomic mass is 32.1. The highest BCUT2D eigenvalue weighted by molar-refractivity contribution is 7.15. The lowest BCUT2D eigenvalue weighted by molar-refractivity contribution is 0.0459. The molecular formula is C12H20N2O2S. The summed E-state index contributed by atoms with van der Waals surface area (Å²) in [4.78, 5) is 7.60. The molecule has 1 N–H and O–H groups in total. The van der Waals surface area contributed by atoms with Crippen molar-refractivity contribution in [2.24, 2.45) is 0 Å². The maximum absolute atomic E-state index is 9.48. The van der Waals surface area contributed by atoms with E-state index >= 15 is 0 Å². The van der Waals surface area contributed by atoms with Crippen LogP contribution in [-0.4, -0.2) is 35.9 Å². The van der Waals surface area contributed by atoms with Gasteiger partial charge in [0.15, 0.2) is 5.13 Å². The van der Waals surface area contributed by atoms with E-state index in [2.05, 4.69) is 9.88 Å². The predicted molar refractivity (Wildman–Crippen MR) is 69.6 cm³/mol. The first kappa shape index (κ1) is 12.8. The van der Waals surface area contributed by atoms with Gasteiger partial charge in [-0.25, -0.2) is 4.98 Å². The Labute approximate surface area is 106 Å². The summed E-state index contributed by atoms with van der Waals surface area (Å²) in [5.41, 5.74) is 0. The molecule has 1 saturated heterocycles. The molecule has 4 nitrogen and oxygen atoms in total. The number of rotatable bonds is 4. The Hall–Kier alpha value is -0.650. The number of aliphatic hydroxyl groups excluding tert-OH is 1. The van der Waals surface area contributed by atoms with E-state index in [-0.39, 0.29) is 0 Å². The van der Waals surface area contributed by atoms with Gasteiger partial charge < -0.3 is 14.7 Å². The van der Waals surface area contributed by atoms with Gasteiger partial charge in [0.25, 0.3) is 0 Å². The molecule has 0 saturated carbocycles. The second-order valence-electron chi connectivity index (χ2n) is 4.36. The Morgan fingerprint density at radius 3 is 2.82 bits per heavy atom. The first-order valence-corrected chi connectivity index (χ1v) is 7.02. The molecule has 0 amide bonds. The van der Waals surface area contributed by atoms with Crippen LogP contribution in [0.15, 0.2) is 6.20 Å². The molecule has 2 rings (SSSR count). The third-order valence-corrected chi connectivity index (χ3v) is 4.27. The van der Waals surface area contributed by atoms with Crippen LogP contribution in [-0.2, 0) is 4.74 Å². The van der Waals surface area contributed by atoms with Gasteiger partial charge in [0.05, 0.1) is 17.1 Å². The molecule has 1 fully saturated rings. The molecule has 1 aromatic rings. The summed E-state index contributed by atoms with van der Waals surface area (Å²) in [5.74, 6) is 0. The summed E-state index contributed by atoms with van der Waals surface area (Å²) >= 11 is 1.59. The summed E-state index contributed by atoms with van der Waals surface area (Å²) in [5, 5.41) is 10.5. The molecule has 17 heavy (non-hydrogen) atoms. The van der Waals surface area contributed by atoms with Gasteiger partial charge in [-0.3, -0.25) is 0 Å². The SMILES string of the molecule is CCOC1CCN(c2ncc(C(C)O)s2)CC1. The van der Waals surface area contributed by atoms with Crippen LogP contribution in [0.4, 0.5) is 5.13 Å². The fourth-order valence-corrected chi connectivity index (χ4v) is 2.97. The molecule has 0 bridgehead atoms. The number of thiazole rings is 1. The number of aliphatic hydroxyl groups is 1. The molecule has 5 heteroatoms. The standard InChI is InChI=1S/C12H20N2O2S/c1-3-16-10-4-6-14(7-5-10)12-13-8-11(17-12)9(2)15/h8-10,15H,3-7H2,1-2H3. The molecule has 1 unspecified atom stereocenters. The van der Waals surface area contributed by atoms with Crippen LogP contribution in [0.2, 0.25) is 0 Å². The number of anilines is 1. The predicted octanol–water partition coefficient (Wildman–Crippen LogP) is 2.20. The number of nitrogens with zero attached hydrogens (tertiary/aromatic N) is 2. The van der Waals surface area contributed by atoms with Crippen LogP contribution >= 0.6 is 11.3 Å². The quantitative estimate of drug-likeness (QED) is 0.897. The van der Waals surface area contributed by atoms with Crippen molar-refractivity contribution in [2.45, 2.75) is 38.9 Å². The third-order valence-electron chi connectivity index (χ3n) is 3.04. The van der Waals surface area contributed by atoms with Crippen LogP contribution in [0.5, 0.6) is 0 Å². The molecule has 0 aliphatic carbocycles. The number of hydrogen-bond acceptors (Lipinski definition) is 5. The lowest BCUT2D eigenvalue weighted by atomic mass is 10.1. The van der Waals surface area contributed by atoms with Crippen LogP contribution < -0.4 is 4.90 Å². The van der Waals surface area contributed by atoms with Gasteiger partial charge >= 0.3 is 0 Å². The van der Waals surface area contributed by atoms with E-state index in [1.807, 2.05) is 6.92 Å². The van der Waals surface area contributed by atoms with Gasteiger partial charge in [-0.1, -0.05) is 11.3 Å². The number of piperidine rings is 1. The van der Waals surface area contributed by atoms with E-state index < -0.39 is 6.10 Å². The summed E-state index contributed by atoms with van der Waals surface area (Å²) in [6.07, 6.45) is 3.91. The molecule has 0 aromatic carbocycles.